The van der Waals surface area contributed by atoms with Gasteiger partial charge in [-0.3, -0.25) is 4.79 Å². The minimum atomic E-state index is -0.775. The quantitative estimate of drug-likeness (QED) is 0.841. The van der Waals surface area contributed by atoms with E-state index in [1.807, 2.05) is 11.8 Å². The number of rotatable bonds is 4. The highest BCUT2D eigenvalue weighted by Crippen LogP contribution is 2.36. The predicted molar refractivity (Wildman–Crippen MR) is 69.7 cm³/mol. The lowest BCUT2D eigenvalue weighted by Crippen LogP contribution is -2.44. The second-order valence-corrected chi connectivity index (χ2v) is 6.44. The average molecular weight is 266 g/mol. The van der Waals surface area contributed by atoms with Crippen molar-refractivity contribution in [2.45, 2.75) is 38.6 Å². The molecule has 0 aromatic carbocycles. The number of likely N-dealkylation sites (tertiary alicyclic amines) is 1. The SMILES string of the molecule is C[C@@H]1CN(C(=O)N(CC2CC2)C2CC2)C[C@H]1C(=O)O. The Bertz CT molecular complexity index is 390. The van der Waals surface area contributed by atoms with Crippen molar-refractivity contribution in [1.29, 1.82) is 0 Å². The molecule has 3 fully saturated rings. The highest BCUT2D eigenvalue weighted by molar-refractivity contribution is 5.78. The average Bonchev–Trinajstić information content (AvgIpc) is 3.24. The molecule has 2 aliphatic carbocycles. The first-order chi connectivity index (χ1) is 9.06. The number of carbonyl (C=O) groups is 2. The van der Waals surface area contributed by atoms with Crippen LogP contribution in [0.1, 0.15) is 32.6 Å². The van der Waals surface area contributed by atoms with Crippen LogP contribution in [0.2, 0.25) is 0 Å². The van der Waals surface area contributed by atoms with Crippen molar-refractivity contribution >= 4 is 12.0 Å². The summed E-state index contributed by atoms with van der Waals surface area (Å²) in [7, 11) is 0. The Morgan fingerprint density at radius 2 is 1.89 bits per heavy atom. The molecule has 1 N–H and O–H groups in total. The van der Waals surface area contributed by atoms with Crippen LogP contribution in [0.15, 0.2) is 0 Å². The van der Waals surface area contributed by atoms with Crippen molar-refractivity contribution in [2.24, 2.45) is 17.8 Å². The van der Waals surface area contributed by atoms with Crippen molar-refractivity contribution < 1.29 is 14.7 Å². The van der Waals surface area contributed by atoms with E-state index in [0.717, 1.165) is 19.4 Å². The molecule has 19 heavy (non-hydrogen) atoms. The summed E-state index contributed by atoms with van der Waals surface area (Å²) in [5.41, 5.74) is 0. The van der Waals surface area contributed by atoms with Gasteiger partial charge in [-0.15, -0.1) is 0 Å². The molecule has 5 nitrogen and oxygen atoms in total. The van der Waals surface area contributed by atoms with Gasteiger partial charge in [-0.25, -0.2) is 4.79 Å². The maximum Gasteiger partial charge on any atom is 0.320 e. The number of nitrogens with zero attached hydrogens (tertiary/aromatic N) is 2. The van der Waals surface area contributed by atoms with Crippen LogP contribution in [0.25, 0.3) is 0 Å². The molecule has 106 valence electrons. The zero-order valence-corrected chi connectivity index (χ0v) is 11.4. The minimum Gasteiger partial charge on any atom is -0.481 e. The van der Waals surface area contributed by atoms with Gasteiger partial charge in [0.2, 0.25) is 0 Å². The lowest BCUT2D eigenvalue weighted by molar-refractivity contribution is -0.142. The third-order valence-electron chi connectivity index (χ3n) is 4.59. The third kappa shape index (κ3) is 2.69. The summed E-state index contributed by atoms with van der Waals surface area (Å²) >= 11 is 0. The lowest BCUT2D eigenvalue weighted by Gasteiger charge is -2.28. The van der Waals surface area contributed by atoms with Gasteiger partial charge in [0, 0.05) is 25.7 Å². The Balaban J connectivity index is 1.63. The molecule has 1 aliphatic heterocycles. The third-order valence-corrected chi connectivity index (χ3v) is 4.59. The molecule has 2 amide bonds. The Morgan fingerprint density at radius 1 is 1.21 bits per heavy atom. The van der Waals surface area contributed by atoms with Crippen LogP contribution in [0.5, 0.6) is 0 Å². The van der Waals surface area contributed by atoms with E-state index < -0.39 is 11.9 Å². The number of aliphatic carboxylic acids is 1. The first kappa shape index (κ1) is 12.8. The normalized spacial score (nSPS) is 30.5. The van der Waals surface area contributed by atoms with Gasteiger partial charge in [0.1, 0.15) is 0 Å². The van der Waals surface area contributed by atoms with E-state index in [4.69, 9.17) is 5.11 Å². The monoisotopic (exact) mass is 266 g/mol. The molecule has 0 aromatic rings. The molecule has 2 saturated carbocycles. The van der Waals surface area contributed by atoms with Gasteiger partial charge in [-0.2, -0.15) is 0 Å². The zero-order chi connectivity index (χ0) is 13.6. The van der Waals surface area contributed by atoms with Crippen LogP contribution in [0.3, 0.4) is 0 Å². The standard InChI is InChI=1S/C14H22N2O3/c1-9-6-15(8-12(9)13(17)18)14(19)16(11-4-5-11)7-10-2-3-10/h9-12H,2-8H2,1H3,(H,17,18)/t9-,12-/m1/s1. The van der Waals surface area contributed by atoms with Crippen molar-refractivity contribution in [3.05, 3.63) is 0 Å². The van der Waals surface area contributed by atoms with E-state index in [0.29, 0.717) is 25.0 Å². The second-order valence-electron chi connectivity index (χ2n) is 6.44. The van der Waals surface area contributed by atoms with E-state index in [1.54, 1.807) is 4.90 Å². The Labute approximate surface area is 113 Å². The molecule has 5 heteroatoms. The van der Waals surface area contributed by atoms with E-state index >= 15 is 0 Å². The molecule has 0 bridgehead atoms. The molecular formula is C14H22N2O3. The molecule has 0 unspecified atom stereocenters. The first-order valence-corrected chi connectivity index (χ1v) is 7.34. The molecule has 1 saturated heterocycles. The van der Waals surface area contributed by atoms with E-state index in [1.165, 1.54) is 12.8 Å². The number of amides is 2. The van der Waals surface area contributed by atoms with Crippen molar-refractivity contribution in [1.82, 2.24) is 9.80 Å². The van der Waals surface area contributed by atoms with Crippen LogP contribution < -0.4 is 0 Å². The Hall–Kier alpha value is -1.26. The molecule has 2 atom stereocenters. The van der Waals surface area contributed by atoms with Crippen molar-refractivity contribution in [3.63, 3.8) is 0 Å². The molecular weight excluding hydrogens is 244 g/mol. The lowest BCUT2D eigenvalue weighted by atomic mass is 9.99. The molecule has 0 spiro atoms. The summed E-state index contributed by atoms with van der Waals surface area (Å²) in [4.78, 5) is 27.5. The summed E-state index contributed by atoms with van der Waals surface area (Å²) in [6, 6.07) is 0.497. The smallest absolute Gasteiger partial charge is 0.320 e. The molecule has 1 heterocycles. The van der Waals surface area contributed by atoms with Crippen LogP contribution in [0.4, 0.5) is 4.79 Å². The van der Waals surface area contributed by atoms with E-state index in [2.05, 4.69) is 0 Å². The maximum absolute atomic E-state index is 12.6. The van der Waals surface area contributed by atoms with Gasteiger partial charge in [0.15, 0.2) is 0 Å². The summed E-state index contributed by atoms with van der Waals surface area (Å²) in [6.07, 6.45) is 4.71. The van der Waals surface area contributed by atoms with Crippen LogP contribution in [0, 0.1) is 17.8 Å². The van der Waals surface area contributed by atoms with Gasteiger partial charge in [-0.05, 0) is 37.5 Å². The highest BCUT2D eigenvalue weighted by atomic mass is 16.4. The fourth-order valence-corrected chi connectivity index (χ4v) is 2.97. The van der Waals surface area contributed by atoms with Crippen molar-refractivity contribution in [3.8, 4) is 0 Å². The van der Waals surface area contributed by atoms with E-state index in [-0.39, 0.29) is 11.9 Å². The van der Waals surface area contributed by atoms with Gasteiger partial charge in [0.05, 0.1) is 5.92 Å². The fraction of sp³-hybridized carbons (Fsp3) is 0.857. The largest absolute Gasteiger partial charge is 0.481 e. The summed E-state index contributed by atoms with van der Waals surface area (Å²) in [6.45, 7) is 3.77. The van der Waals surface area contributed by atoms with E-state index in [9.17, 15) is 9.59 Å². The van der Waals surface area contributed by atoms with Gasteiger partial charge in [0.25, 0.3) is 0 Å². The molecule has 3 aliphatic rings. The fourth-order valence-electron chi connectivity index (χ4n) is 2.97. The highest BCUT2D eigenvalue weighted by Gasteiger charge is 2.42. The van der Waals surface area contributed by atoms with Gasteiger partial charge in [-0.1, -0.05) is 6.92 Å². The first-order valence-electron chi connectivity index (χ1n) is 7.34. The summed E-state index contributed by atoms with van der Waals surface area (Å²) in [5.74, 6) is -0.419. The van der Waals surface area contributed by atoms with Gasteiger partial charge < -0.3 is 14.9 Å². The van der Waals surface area contributed by atoms with Crippen LogP contribution in [-0.4, -0.2) is 52.6 Å². The Kier molecular flexibility index (Phi) is 3.15. The molecule has 0 radical (unpaired) electrons. The Morgan fingerprint density at radius 3 is 2.37 bits per heavy atom. The van der Waals surface area contributed by atoms with Crippen LogP contribution in [-0.2, 0) is 4.79 Å². The molecule has 0 aromatic heterocycles. The number of carboxylic acids is 1. The summed E-state index contributed by atoms with van der Waals surface area (Å²) in [5, 5.41) is 9.15. The second kappa shape index (κ2) is 4.69. The zero-order valence-electron chi connectivity index (χ0n) is 11.4. The number of urea groups is 1. The van der Waals surface area contributed by atoms with Crippen LogP contribution >= 0.6 is 0 Å². The number of hydrogen-bond donors (Lipinski definition) is 1. The summed E-state index contributed by atoms with van der Waals surface area (Å²) < 4.78 is 0. The number of hydrogen-bond acceptors (Lipinski definition) is 2. The number of carboxylic acid groups (broad SMARTS) is 1. The maximum atomic E-state index is 12.6. The van der Waals surface area contributed by atoms with Gasteiger partial charge >= 0.3 is 12.0 Å². The topological polar surface area (TPSA) is 60.9 Å². The molecule has 3 rings (SSSR count). The van der Waals surface area contributed by atoms with Crippen molar-refractivity contribution in [2.75, 3.05) is 19.6 Å². The number of carbonyl (C=O) groups excluding carboxylic acids is 1. The predicted octanol–water partition coefficient (Wildman–Crippen LogP) is 1.63. The minimum absolute atomic E-state index is 0.0587.